The molecule has 0 aliphatic carbocycles. The normalized spacial score (nSPS) is 11.8. The molecule has 1 aromatic carbocycles. The SMILES string of the molecule is CCNC(=NCc1nnc2ccccn12)NCCCS(=O)(=O)c1ccccc1.I. The van der Waals surface area contributed by atoms with Gasteiger partial charge in [-0.1, -0.05) is 24.3 Å². The van der Waals surface area contributed by atoms with Gasteiger partial charge in [-0.2, -0.15) is 0 Å². The minimum atomic E-state index is -3.26. The van der Waals surface area contributed by atoms with E-state index in [-0.39, 0.29) is 29.7 Å². The zero-order chi connectivity index (χ0) is 19.8. The van der Waals surface area contributed by atoms with Crippen molar-refractivity contribution in [2.24, 2.45) is 4.99 Å². The van der Waals surface area contributed by atoms with Crippen LogP contribution in [0.4, 0.5) is 0 Å². The van der Waals surface area contributed by atoms with E-state index in [0.717, 1.165) is 11.5 Å². The molecule has 8 nitrogen and oxygen atoms in total. The molecule has 0 unspecified atom stereocenters. The summed E-state index contributed by atoms with van der Waals surface area (Å²) in [6, 6.07) is 14.2. The van der Waals surface area contributed by atoms with Gasteiger partial charge in [0.2, 0.25) is 0 Å². The molecule has 2 heterocycles. The van der Waals surface area contributed by atoms with Crippen molar-refractivity contribution in [3.8, 4) is 0 Å². The molecule has 0 fully saturated rings. The summed E-state index contributed by atoms with van der Waals surface area (Å²) in [5.41, 5.74) is 0.775. The van der Waals surface area contributed by atoms with Gasteiger partial charge in [0, 0.05) is 19.3 Å². The molecule has 3 rings (SSSR count). The Morgan fingerprint density at radius 1 is 1.07 bits per heavy atom. The highest BCUT2D eigenvalue weighted by atomic mass is 127. The molecule has 2 N–H and O–H groups in total. The average Bonchev–Trinajstić information content (AvgIpc) is 3.13. The molecule has 0 aliphatic rings. The predicted octanol–water partition coefficient (Wildman–Crippen LogP) is 2.27. The number of aliphatic imine (C=N–C) groups is 1. The molecule has 0 saturated heterocycles. The molecule has 2 aromatic heterocycles. The molecule has 0 saturated carbocycles. The smallest absolute Gasteiger partial charge is 0.191 e. The summed E-state index contributed by atoms with van der Waals surface area (Å²) in [5.74, 6) is 1.44. The number of hydrogen-bond donors (Lipinski definition) is 2. The molecule has 0 bridgehead atoms. The van der Waals surface area contributed by atoms with E-state index in [2.05, 4.69) is 25.8 Å². The predicted molar refractivity (Wildman–Crippen MR) is 124 cm³/mol. The quantitative estimate of drug-likeness (QED) is 0.202. The van der Waals surface area contributed by atoms with Gasteiger partial charge in [0.1, 0.15) is 6.54 Å². The number of halogens is 1. The Bertz CT molecular complexity index is 1040. The third-order valence-corrected chi connectivity index (χ3v) is 5.91. The maximum absolute atomic E-state index is 12.3. The van der Waals surface area contributed by atoms with Gasteiger partial charge in [-0.15, -0.1) is 34.2 Å². The standard InChI is InChI=1S/C19H24N6O2S.HI/c1-2-20-19(22-15-18-24-23-17-11-6-7-13-25(17)18)21-12-8-14-28(26,27)16-9-4-3-5-10-16;/h3-7,9-11,13H,2,8,12,14-15H2,1H3,(H2,20,21,22);1H. The van der Waals surface area contributed by atoms with Crippen molar-refractivity contribution >= 4 is 45.4 Å². The van der Waals surface area contributed by atoms with Crippen LogP contribution in [0, 0.1) is 0 Å². The lowest BCUT2D eigenvalue weighted by Crippen LogP contribution is -2.38. The Balaban J connectivity index is 0.00000300. The number of fused-ring (bicyclic) bond motifs is 1. The molecule has 0 spiro atoms. The number of hydrogen-bond acceptors (Lipinski definition) is 5. The van der Waals surface area contributed by atoms with Gasteiger partial charge < -0.3 is 10.6 Å². The van der Waals surface area contributed by atoms with Crippen molar-refractivity contribution in [3.05, 3.63) is 60.6 Å². The summed E-state index contributed by atoms with van der Waals surface area (Å²) in [6.45, 7) is 3.54. The van der Waals surface area contributed by atoms with Crippen LogP contribution in [-0.2, 0) is 16.4 Å². The minimum Gasteiger partial charge on any atom is -0.357 e. The minimum absolute atomic E-state index is 0. The molecule has 29 heavy (non-hydrogen) atoms. The summed E-state index contributed by atoms with van der Waals surface area (Å²) in [4.78, 5) is 4.88. The highest BCUT2D eigenvalue weighted by Gasteiger charge is 2.13. The van der Waals surface area contributed by atoms with Gasteiger partial charge in [-0.3, -0.25) is 4.40 Å². The Hall–Kier alpha value is -2.21. The summed E-state index contributed by atoms with van der Waals surface area (Å²) in [5, 5.41) is 14.6. The number of aromatic nitrogens is 3. The molecule has 156 valence electrons. The van der Waals surface area contributed by atoms with Crippen LogP contribution in [0.5, 0.6) is 0 Å². The van der Waals surface area contributed by atoms with E-state index in [1.165, 1.54) is 0 Å². The van der Waals surface area contributed by atoms with E-state index >= 15 is 0 Å². The van der Waals surface area contributed by atoms with Crippen LogP contribution >= 0.6 is 24.0 Å². The lowest BCUT2D eigenvalue weighted by atomic mass is 10.4. The lowest BCUT2D eigenvalue weighted by Gasteiger charge is -2.11. The van der Waals surface area contributed by atoms with Crippen molar-refractivity contribution < 1.29 is 8.42 Å². The van der Waals surface area contributed by atoms with Crippen molar-refractivity contribution in [2.75, 3.05) is 18.8 Å². The largest absolute Gasteiger partial charge is 0.357 e. The van der Waals surface area contributed by atoms with Gasteiger partial charge in [-0.25, -0.2) is 13.4 Å². The second kappa shape index (κ2) is 11.1. The first-order chi connectivity index (χ1) is 13.6. The van der Waals surface area contributed by atoms with E-state index in [1.54, 1.807) is 30.3 Å². The molecule has 0 radical (unpaired) electrons. The topological polar surface area (TPSA) is 101 Å². The number of guanidine groups is 1. The molecular weight excluding hydrogens is 503 g/mol. The van der Waals surface area contributed by atoms with E-state index in [1.807, 2.05) is 35.7 Å². The van der Waals surface area contributed by atoms with E-state index in [9.17, 15) is 8.42 Å². The first-order valence-corrected chi connectivity index (χ1v) is 10.8. The second-order valence-corrected chi connectivity index (χ2v) is 8.26. The molecule has 3 aromatic rings. The van der Waals surface area contributed by atoms with E-state index in [4.69, 9.17) is 0 Å². The number of rotatable bonds is 8. The third kappa shape index (κ3) is 6.39. The van der Waals surface area contributed by atoms with Gasteiger partial charge in [0.05, 0.1) is 10.6 Å². The van der Waals surface area contributed by atoms with Crippen LogP contribution in [0.25, 0.3) is 5.65 Å². The number of pyridine rings is 1. The Labute approximate surface area is 187 Å². The third-order valence-electron chi connectivity index (χ3n) is 4.09. The molecule has 0 atom stereocenters. The molecule has 0 amide bonds. The molecule has 10 heteroatoms. The fourth-order valence-electron chi connectivity index (χ4n) is 2.70. The van der Waals surface area contributed by atoms with Gasteiger partial charge in [-0.05, 0) is 37.6 Å². The van der Waals surface area contributed by atoms with Crippen LogP contribution in [-0.4, -0.2) is 47.8 Å². The Kier molecular flexibility index (Phi) is 8.83. The van der Waals surface area contributed by atoms with Crippen LogP contribution in [0.2, 0.25) is 0 Å². The van der Waals surface area contributed by atoms with Crippen molar-refractivity contribution in [1.82, 2.24) is 25.2 Å². The summed E-state index contributed by atoms with van der Waals surface area (Å²) in [7, 11) is -3.26. The number of nitrogens with one attached hydrogen (secondary N) is 2. The first kappa shape index (κ1) is 23.1. The van der Waals surface area contributed by atoms with Crippen LogP contribution in [0.3, 0.4) is 0 Å². The maximum Gasteiger partial charge on any atom is 0.191 e. The lowest BCUT2D eigenvalue weighted by molar-refractivity contribution is 0.592. The van der Waals surface area contributed by atoms with Crippen molar-refractivity contribution in [1.29, 1.82) is 0 Å². The van der Waals surface area contributed by atoms with Crippen LogP contribution in [0.15, 0.2) is 64.6 Å². The fraction of sp³-hybridized carbons (Fsp3) is 0.316. The van der Waals surface area contributed by atoms with E-state index in [0.29, 0.717) is 36.9 Å². The number of nitrogens with zero attached hydrogens (tertiary/aromatic N) is 4. The monoisotopic (exact) mass is 528 g/mol. The van der Waals surface area contributed by atoms with Gasteiger partial charge in [0.25, 0.3) is 0 Å². The Morgan fingerprint density at radius 3 is 2.59 bits per heavy atom. The number of benzene rings is 1. The van der Waals surface area contributed by atoms with Gasteiger partial charge in [0.15, 0.2) is 27.3 Å². The van der Waals surface area contributed by atoms with Crippen LogP contribution < -0.4 is 10.6 Å². The zero-order valence-electron chi connectivity index (χ0n) is 16.2. The summed E-state index contributed by atoms with van der Waals surface area (Å²) >= 11 is 0. The summed E-state index contributed by atoms with van der Waals surface area (Å²) < 4.78 is 26.5. The molecular formula is C19H25IN6O2S. The zero-order valence-corrected chi connectivity index (χ0v) is 19.3. The first-order valence-electron chi connectivity index (χ1n) is 9.19. The van der Waals surface area contributed by atoms with Crippen molar-refractivity contribution in [3.63, 3.8) is 0 Å². The second-order valence-electron chi connectivity index (χ2n) is 6.15. The van der Waals surface area contributed by atoms with Gasteiger partial charge >= 0.3 is 0 Å². The average molecular weight is 528 g/mol. The highest BCUT2D eigenvalue weighted by molar-refractivity contribution is 14.0. The molecule has 0 aliphatic heterocycles. The summed E-state index contributed by atoms with van der Waals surface area (Å²) in [6.07, 6.45) is 2.38. The number of sulfone groups is 1. The fourth-order valence-corrected chi connectivity index (χ4v) is 4.04. The van der Waals surface area contributed by atoms with Crippen LogP contribution in [0.1, 0.15) is 19.2 Å². The highest BCUT2D eigenvalue weighted by Crippen LogP contribution is 2.10. The van der Waals surface area contributed by atoms with E-state index < -0.39 is 9.84 Å². The van der Waals surface area contributed by atoms with Crippen molar-refractivity contribution in [2.45, 2.75) is 24.8 Å². The maximum atomic E-state index is 12.3. The Morgan fingerprint density at radius 2 is 1.83 bits per heavy atom.